The Kier molecular flexibility index (Phi) is 7.85. The molecular weight excluding hydrogens is 761 g/mol. The van der Waals surface area contributed by atoms with Crippen molar-refractivity contribution in [3.8, 4) is 44.8 Å². The van der Waals surface area contributed by atoms with E-state index in [0.717, 1.165) is 11.4 Å². The lowest BCUT2D eigenvalue weighted by Gasteiger charge is -2.34. The fraction of sp³-hybridized carbons (Fsp3) is 0.0164. The van der Waals surface area contributed by atoms with E-state index in [9.17, 15) is 0 Å². The van der Waals surface area contributed by atoms with Gasteiger partial charge in [-0.15, -0.1) is 0 Å². The summed E-state index contributed by atoms with van der Waals surface area (Å²) in [6.45, 7) is 0. The van der Waals surface area contributed by atoms with Crippen LogP contribution in [0.2, 0.25) is 0 Å². The van der Waals surface area contributed by atoms with Crippen molar-refractivity contribution in [1.29, 1.82) is 0 Å². The van der Waals surface area contributed by atoms with Gasteiger partial charge in [-0.1, -0.05) is 188 Å². The molecule has 0 bridgehead atoms. The van der Waals surface area contributed by atoms with Gasteiger partial charge in [-0.3, -0.25) is 0 Å². The Bertz CT molecular complexity index is 3660. The molecule has 0 saturated heterocycles. The van der Waals surface area contributed by atoms with E-state index in [1.54, 1.807) is 0 Å². The van der Waals surface area contributed by atoms with Crippen LogP contribution in [0.3, 0.4) is 0 Å². The lowest BCUT2D eigenvalue weighted by Crippen LogP contribution is -2.28. The summed E-state index contributed by atoms with van der Waals surface area (Å²) in [5, 5.41) is 4.97. The summed E-state index contributed by atoms with van der Waals surface area (Å²) >= 11 is 0. The van der Waals surface area contributed by atoms with Crippen LogP contribution in [-0.2, 0) is 5.41 Å². The normalized spacial score (nSPS) is 12.9. The van der Waals surface area contributed by atoms with Crippen molar-refractivity contribution in [2.24, 2.45) is 0 Å². The van der Waals surface area contributed by atoms with Crippen molar-refractivity contribution in [2.45, 2.75) is 5.41 Å². The third-order valence-corrected chi connectivity index (χ3v) is 13.6. The van der Waals surface area contributed by atoms with Gasteiger partial charge in [0.15, 0.2) is 0 Å². The molecule has 0 fully saturated rings. The quantitative estimate of drug-likeness (QED) is 0.159. The number of para-hydroxylation sites is 2. The number of hydrogen-bond donors (Lipinski definition) is 0. The van der Waals surface area contributed by atoms with E-state index in [2.05, 4.69) is 252 Å². The highest BCUT2D eigenvalue weighted by Gasteiger charge is 2.46. The lowest BCUT2D eigenvalue weighted by molar-refractivity contribution is 0.770. The average molecular weight is 801 g/mol. The second kappa shape index (κ2) is 13.9. The van der Waals surface area contributed by atoms with Crippen molar-refractivity contribution in [3.05, 3.63) is 265 Å². The minimum Gasteiger partial charge on any atom is -0.309 e. The van der Waals surface area contributed by atoms with Crippen molar-refractivity contribution in [2.75, 3.05) is 0 Å². The second-order valence-corrected chi connectivity index (χ2v) is 16.8. The van der Waals surface area contributed by atoms with Gasteiger partial charge in [-0.25, -0.2) is 0 Å². The van der Waals surface area contributed by atoms with Crippen LogP contribution in [0.5, 0.6) is 0 Å². The highest BCUT2D eigenvalue weighted by Crippen LogP contribution is 2.56. The van der Waals surface area contributed by atoms with Crippen molar-refractivity contribution in [3.63, 3.8) is 0 Å². The molecule has 2 nitrogen and oxygen atoms in total. The molecule has 1 aliphatic rings. The Morgan fingerprint density at radius 1 is 0.270 bits per heavy atom. The molecule has 13 rings (SSSR count). The first kappa shape index (κ1) is 35.5. The third-order valence-electron chi connectivity index (χ3n) is 13.6. The molecule has 0 radical (unpaired) electrons. The molecule has 1 aliphatic carbocycles. The van der Waals surface area contributed by atoms with Gasteiger partial charge in [0.25, 0.3) is 0 Å². The maximum absolute atomic E-state index is 2.49. The zero-order valence-corrected chi connectivity index (χ0v) is 34.5. The van der Waals surface area contributed by atoms with Crippen LogP contribution in [0.1, 0.15) is 22.3 Å². The van der Waals surface area contributed by atoms with Gasteiger partial charge < -0.3 is 9.13 Å². The Balaban J connectivity index is 1.08. The van der Waals surface area contributed by atoms with E-state index in [1.807, 2.05) is 0 Å². The SMILES string of the molecule is c1ccc(-c2ccc(-n3c4ccc(C5(c6ccccc6)c6ccccc6-c6ccccc65)cc4c4ccc(-c5cccc6c5c5ccccc5n6-c5ccccc5)cc43)cc2)cc1. The van der Waals surface area contributed by atoms with Crippen LogP contribution < -0.4 is 0 Å². The second-order valence-electron chi connectivity index (χ2n) is 16.8. The summed E-state index contributed by atoms with van der Waals surface area (Å²) < 4.78 is 4.88. The van der Waals surface area contributed by atoms with Gasteiger partial charge in [0.05, 0.1) is 27.5 Å². The number of fused-ring (bicyclic) bond motifs is 9. The molecule has 294 valence electrons. The van der Waals surface area contributed by atoms with E-state index in [0.29, 0.717) is 0 Å². The maximum atomic E-state index is 2.49. The summed E-state index contributed by atoms with van der Waals surface area (Å²) in [6.07, 6.45) is 0. The minimum atomic E-state index is -0.489. The number of aromatic nitrogens is 2. The number of benzene rings is 10. The minimum absolute atomic E-state index is 0.489. The van der Waals surface area contributed by atoms with Crippen LogP contribution >= 0.6 is 0 Å². The van der Waals surface area contributed by atoms with E-state index >= 15 is 0 Å². The Labute approximate surface area is 366 Å². The van der Waals surface area contributed by atoms with Crippen LogP contribution in [0.25, 0.3) is 88.4 Å². The Morgan fingerprint density at radius 3 is 1.56 bits per heavy atom. The fourth-order valence-electron chi connectivity index (χ4n) is 11.0. The van der Waals surface area contributed by atoms with Gasteiger partial charge in [0.2, 0.25) is 0 Å². The number of nitrogens with zero attached hydrogens (tertiary/aromatic N) is 2. The molecule has 0 spiro atoms. The highest BCUT2D eigenvalue weighted by atomic mass is 15.0. The Hall–Kier alpha value is -8.20. The fourth-order valence-corrected chi connectivity index (χ4v) is 11.0. The molecule has 2 heterocycles. The van der Waals surface area contributed by atoms with Gasteiger partial charge in [-0.05, 0) is 110 Å². The first-order valence-electron chi connectivity index (χ1n) is 21.8. The first-order valence-corrected chi connectivity index (χ1v) is 21.8. The summed E-state index contributed by atoms with van der Waals surface area (Å²) in [6, 6.07) is 89.6. The Morgan fingerprint density at radius 2 is 0.810 bits per heavy atom. The lowest BCUT2D eigenvalue weighted by atomic mass is 9.67. The first-order chi connectivity index (χ1) is 31.3. The molecule has 0 N–H and O–H groups in total. The predicted molar refractivity (Wildman–Crippen MR) is 263 cm³/mol. The van der Waals surface area contributed by atoms with Gasteiger partial charge in [-0.2, -0.15) is 0 Å². The molecule has 12 aromatic rings. The predicted octanol–water partition coefficient (Wildman–Crippen LogP) is 15.6. The monoisotopic (exact) mass is 800 g/mol. The zero-order chi connectivity index (χ0) is 41.5. The molecule has 0 aliphatic heterocycles. The van der Waals surface area contributed by atoms with Crippen molar-refractivity contribution < 1.29 is 0 Å². The summed E-state index contributed by atoms with van der Waals surface area (Å²) in [7, 11) is 0. The highest BCUT2D eigenvalue weighted by molar-refractivity contribution is 6.17. The number of rotatable bonds is 6. The van der Waals surface area contributed by atoms with Crippen molar-refractivity contribution >= 4 is 43.6 Å². The van der Waals surface area contributed by atoms with Crippen LogP contribution in [0, 0.1) is 0 Å². The molecule has 63 heavy (non-hydrogen) atoms. The van der Waals surface area contributed by atoms with Crippen LogP contribution in [-0.4, -0.2) is 9.13 Å². The van der Waals surface area contributed by atoms with E-state index in [4.69, 9.17) is 0 Å². The standard InChI is InChI=1S/C61H40N2/c1-4-17-41(18-5-1)42-31-35-47(36-32-42)63-57-38-34-45(61(44-19-6-2-7-20-44)54-27-13-10-23-49(54)50-24-11-14-28-55(50)61)40-53(57)51-37-33-43(39-59(51)63)48-26-16-30-58-60(48)52-25-12-15-29-56(52)62(58)46-21-8-3-9-22-46/h1-40H. The van der Waals surface area contributed by atoms with Gasteiger partial charge >= 0.3 is 0 Å². The smallest absolute Gasteiger partial charge is 0.0713 e. The molecular formula is C61H40N2. The summed E-state index contributed by atoms with van der Waals surface area (Å²) in [4.78, 5) is 0. The molecule has 0 saturated carbocycles. The zero-order valence-electron chi connectivity index (χ0n) is 34.5. The third kappa shape index (κ3) is 5.19. The molecule has 0 atom stereocenters. The van der Waals surface area contributed by atoms with E-state index in [1.165, 1.54) is 99.2 Å². The maximum Gasteiger partial charge on any atom is 0.0713 e. The van der Waals surface area contributed by atoms with Crippen LogP contribution in [0.4, 0.5) is 0 Å². The number of hydrogen-bond acceptors (Lipinski definition) is 0. The van der Waals surface area contributed by atoms with Crippen LogP contribution in [0.15, 0.2) is 243 Å². The molecule has 2 aromatic heterocycles. The topological polar surface area (TPSA) is 9.86 Å². The van der Waals surface area contributed by atoms with E-state index < -0.39 is 5.41 Å². The average Bonchev–Trinajstić information content (AvgIpc) is 3.99. The summed E-state index contributed by atoms with van der Waals surface area (Å²) in [5.74, 6) is 0. The van der Waals surface area contributed by atoms with Crippen molar-refractivity contribution in [1.82, 2.24) is 9.13 Å². The molecule has 0 amide bonds. The van der Waals surface area contributed by atoms with E-state index in [-0.39, 0.29) is 0 Å². The largest absolute Gasteiger partial charge is 0.309 e. The molecule has 10 aromatic carbocycles. The summed E-state index contributed by atoms with van der Waals surface area (Å²) in [5.41, 5.74) is 19.2. The molecule has 0 unspecified atom stereocenters. The van der Waals surface area contributed by atoms with Gasteiger partial charge in [0, 0.05) is 32.9 Å². The van der Waals surface area contributed by atoms with Gasteiger partial charge in [0.1, 0.15) is 0 Å². The molecule has 2 heteroatoms.